The van der Waals surface area contributed by atoms with Crippen molar-refractivity contribution in [2.45, 2.75) is 5.50 Å². The van der Waals surface area contributed by atoms with Gasteiger partial charge in [-0.1, -0.05) is 41.9 Å². The van der Waals surface area contributed by atoms with Gasteiger partial charge in [-0.2, -0.15) is 0 Å². The van der Waals surface area contributed by atoms with Gasteiger partial charge >= 0.3 is 0 Å². The van der Waals surface area contributed by atoms with E-state index in [-0.39, 0.29) is 0 Å². The Morgan fingerprint density at radius 1 is 1.36 bits per heavy atom. The van der Waals surface area contributed by atoms with Crippen molar-refractivity contribution in [2.75, 3.05) is 0 Å². The molecule has 0 aromatic heterocycles. The number of halogens is 1. The first kappa shape index (κ1) is 8.08. The van der Waals surface area contributed by atoms with Crippen LogP contribution in [0.2, 0.25) is 0 Å². The van der Waals surface area contributed by atoms with Crippen LogP contribution in [-0.2, 0) is 4.79 Å². The molecule has 1 unspecified atom stereocenters. The van der Waals surface area contributed by atoms with E-state index >= 15 is 0 Å². The van der Waals surface area contributed by atoms with Gasteiger partial charge in [0.15, 0.2) is 0 Å². The molecule has 0 saturated heterocycles. The summed E-state index contributed by atoms with van der Waals surface area (Å²) in [5.74, 6) is 0. The molecule has 3 heteroatoms. The number of amides is 1. The Morgan fingerprint density at radius 2 is 2.00 bits per heavy atom. The Hall–Kier alpha value is -1.02. The van der Waals surface area contributed by atoms with E-state index in [9.17, 15) is 4.79 Å². The van der Waals surface area contributed by atoms with Gasteiger partial charge in [-0.25, -0.2) is 0 Å². The van der Waals surface area contributed by atoms with Gasteiger partial charge in [0.1, 0.15) is 5.50 Å². The lowest BCUT2D eigenvalue weighted by atomic mass is 10.2. The number of hydrogen-bond acceptors (Lipinski definition) is 1. The Morgan fingerprint density at radius 3 is 2.55 bits per heavy atom. The van der Waals surface area contributed by atoms with Crippen LogP contribution >= 0.6 is 11.6 Å². The molecule has 0 heterocycles. The second kappa shape index (κ2) is 3.98. The summed E-state index contributed by atoms with van der Waals surface area (Å²) >= 11 is 5.76. The minimum absolute atomic E-state index is 0.423. The van der Waals surface area contributed by atoms with E-state index in [1.165, 1.54) is 0 Å². The first-order valence-corrected chi connectivity index (χ1v) is 3.67. The first-order chi connectivity index (χ1) is 5.34. The van der Waals surface area contributed by atoms with Gasteiger partial charge in [0.05, 0.1) is 0 Å². The normalized spacial score (nSPS) is 12.1. The number of nitrogens with one attached hydrogen (secondary N) is 1. The molecule has 1 aromatic rings. The molecular formula is C8H8ClNO. The number of carbonyl (C=O) groups excluding carboxylic acids is 1. The minimum Gasteiger partial charge on any atom is -0.339 e. The van der Waals surface area contributed by atoms with E-state index in [1.54, 1.807) is 0 Å². The second-order valence-electron chi connectivity index (χ2n) is 2.06. The van der Waals surface area contributed by atoms with Crippen LogP contribution in [0.1, 0.15) is 11.1 Å². The van der Waals surface area contributed by atoms with Crippen LogP contribution in [0.3, 0.4) is 0 Å². The molecule has 0 fully saturated rings. The number of rotatable bonds is 3. The molecule has 0 spiro atoms. The number of carbonyl (C=O) groups is 1. The maximum absolute atomic E-state index is 9.99. The molecule has 0 saturated carbocycles. The highest BCUT2D eigenvalue weighted by molar-refractivity contribution is 6.21. The maximum atomic E-state index is 9.99. The van der Waals surface area contributed by atoms with E-state index in [1.807, 2.05) is 30.3 Å². The monoisotopic (exact) mass is 169 g/mol. The average molecular weight is 170 g/mol. The zero-order valence-corrected chi connectivity index (χ0v) is 6.58. The molecule has 0 aliphatic carbocycles. The zero-order chi connectivity index (χ0) is 8.10. The van der Waals surface area contributed by atoms with E-state index in [2.05, 4.69) is 5.32 Å². The lowest BCUT2D eigenvalue weighted by Crippen LogP contribution is -2.13. The predicted octanol–water partition coefficient (Wildman–Crippen LogP) is 1.67. The summed E-state index contributed by atoms with van der Waals surface area (Å²) in [5.41, 5.74) is 0.468. The molecule has 58 valence electrons. The van der Waals surface area contributed by atoms with Gasteiger partial charge in [0.2, 0.25) is 6.41 Å². The molecule has 0 aliphatic heterocycles. The topological polar surface area (TPSA) is 29.1 Å². The van der Waals surface area contributed by atoms with Crippen LogP contribution in [0.15, 0.2) is 30.3 Å². The molecule has 0 aliphatic rings. The molecule has 1 rings (SSSR count). The summed E-state index contributed by atoms with van der Waals surface area (Å²) < 4.78 is 0. The maximum Gasteiger partial charge on any atom is 0.208 e. The molecule has 1 aromatic carbocycles. The standard InChI is InChI=1S/C8H8ClNO/c9-8(10-6-11)7-4-2-1-3-5-7/h1-6,8H,(H,10,11). The minimum atomic E-state index is -0.423. The summed E-state index contributed by atoms with van der Waals surface area (Å²) in [5, 5.41) is 2.45. The van der Waals surface area contributed by atoms with E-state index in [0.29, 0.717) is 6.41 Å². The zero-order valence-electron chi connectivity index (χ0n) is 5.83. The SMILES string of the molecule is O=CNC(Cl)c1ccccc1. The molecule has 0 bridgehead atoms. The summed E-state index contributed by atoms with van der Waals surface area (Å²) in [4.78, 5) is 9.99. The third-order valence-corrected chi connectivity index (χ3v) is 1.68. The smallest absolute Gasteiger partial charge is 0.208 e. The fourth-order valence-electron chi connectivity index (χ4n) is 0.778. The largest absolute Gasteiger partial charge is 0.339 e. The highest BCUT2D eigenvalue weighted by Gasteiger charge is 2.02. The summed E-state index contributed by atoms with van der Waals surface area (Å²) in [6.45, 7) is 0. The highest BCUT2D eigenvalue weighted by atomic mass is 35.5. The first-order valence-electron chi connectivity index (χ1n) is 3.23. The van der Waals surface area contributed by atoms with E-state index < -0.39 is 5.50 Å². The van der Waals surface area contributed by atoms with Crippen LogP contribution in [-0.4, -0.2) is 6.41 Å². The lowest BCUT2D eigenvalue weighted by molar-refractivity contribution is -0.109. The van der Waals surface area contributed by atoms with Gasteiger partial charge in [-0.15, -0.1) is 0 Å². The molecule has 0 radical (unpaired) electrons. The van der Waals surface area contributed by atoms with E-state index in [4.69, 9.17) is 11.6 Å². The van der Waals surface area contributed by atoms with Crippen molar-refractivity contribution in [3.63, 3.8) is 0 Å². The summed E-state index contributed by atoms with van der Waals surface area (Å²) in [6.07, 6.45) is 0.588. The molecular weight excluding hydrogens is 162 g/mol. The molecule has 1 N–H and O–H groups in total. The quantitative estimate of drug-likeness (QED) is 0.416. The van der Waals surface area contributed by atoms with Gasteiger partial charge < -0.3 is 5.32 Å². The fraction of sp³-hybridized carbons (Fsp3) is 0.125. The van der Waals surface area contributed by atoms with Crippen molar-refractivity contribution in [3.8, 4) is 0 Å². The highest BCUT2D eigenvalue weighted by Crippen LogP contribution is 2.14. The van der Waals surface area contributed by atoms with Crippen molar-refractivity contribution in [3.05, 3.63) is 35.9 Å². The number of alkyl halides is 1. The van der Waals surface area contributed by atoms with Crippen molar-refractivity contribution < 1.29 is 4.79 Å². The fourth-order valence-corrected chi connectivity index (χ4v) is 0.975. The lowest BCUT2D eigenvalue weighted by Gasteiger charge is -2.06. The van der Waals surface area contributed by atoms with Crippen molar-refractivity contribution in [1.29, 1.82) is 0 Å². The van der Waals surface area contributed by atoms with Gasteiger partial charge in [0, 0.05) is 0 Å². The molecule has 2 nitrogen and oxygen atoms in total. The van der Waals surface area contributed by atoms with Crippen LogP contribution in [0.4, 0.5) is 0 Å². The number of benzene rings is 1. The Kier molecular flexibility index (Phi) is 2.93. The second-order valence-corrected chi connectivity index (χ2v) is 2.49. The van der Waals surface area contributed by atoms with Crippen LogP contribution in [0, 0.1) is 0 Å². The van der Waals surface area contributed by atoms with Crippen LogP contribution in [0.25, 0.3) is 0 Å². The third kappa shape index (κ3) is 2.24. The van der Waals surface area contributed by atoms with Gasteiger partial charge in [-0.3, -0.25) is 4.79 Å². The Bertz CT molecular complexity index is 225. The average Bonchev–Trinajstić information content (AvgIpc) is 2.07. The third-order valence-electron chi connectivity index (χ3n) is 1.31. The number of hydrogen-bond donors (Lipinski definition) is 1. The van der Waals surface area contributed by atoms with Crippen molar-refractivity contribution in [2.24, 2.45) is 0 Å². The van der Waals surface area contributed by atoms with Gasteiger partial charge in [-0.05, 0) is 5.56 Å². The molecule has 1 amide bonds. The summed E-state index contributed by atoms with van der Waals surface area (Å²) in [6, 6.07) is 9.35. The molecule has 1 atom stereocenters. The van der Waals surface area contributed by atoms with Crippen LogP contribution in [0.5, 0.6) is 0 Å². The van der Waals surface area contributed by atoms with Crippen molar-refractivity contribution >= 4 is 18.0 Å². The van der Waals surface area contributed by atoms with Gasteiger partial charge in [0.25, 0.3) is 0 Å². The Balaban J connectivity index is 2.68. The van der Waals surface area contributed by atoms with Crippen molar-refractivity contribution in [1.82, 2.24) is 5.32 Å². The van der Waals surface area contributed by atoms with E-state index in [0.717, 1.165) is 5.56 Å². The predicted molar refractivity (Wildman–Crippen MR) is 44.2 cm³/mol. The molecule has 11 heavy (non-hydrogen) atoms. The summed E-state index contributed by atoms with van der Waals surface area (Å²) in [7, 11) is 0. The van der Waals surface area contributed by atoms with Crippen LogP contribution < -0.4 is 5.32 Å². The Labute approximate surface area is 70.2 Å².